The van der Waals surface area contributed by atoms with Gasteiger partial charge < -0.3 is 19.5 Å². The monoisotopic (exact) mass is 369 g/mol. The van der Waals surface area contributed by atoms with E-state index in [1.165, 1.54) is 0 Å². The predicted octanol–water partition coefficient (Wildman–Crippen LogP) is 4.27. The largest absolute Gasteiger partial charge is 0.497 e. The van der Waals surface area contributed by atoms with Gasteiger partial charge in [0.25, 0.3) is 5.91 Å². The Bertz CT molecular complexity index is 785. The van der Waals surface area contributed by atoms with E-state index in [1.54, 1.807) is 7.11 Å². The molecule has 27 heavy (non-hydrogen) atoms. The first kappa shape index (κ1) is 19.1. The van der Waals surface area contributed by atoms with Gasteiger partial charge >= 0.3 is 0 Å². The van der Waals surface area contributed by atoms with Crippen LogP contribution >= 0.6 is 0 Å². The Morgan fingerprint density at radius 2 is 1.85 bits per heavy atom. The molecule has 0 saturated heterocycles. The molecule has 0 fully saturated rings. The highest BCUT2D eigenvalue weighted by atomic mass is 16.5. The molecule has 5 heteroatoms. The highest BCUT2D eigenvalue weighted by molar-refractivity contribution is 5.81. The molecule has 2 aromatic rings. The molecule has 0 unspecified atom stereocenters. The van der Waals surface area contributed by atoms with Crippen molar-refractivity contribution in [3.8, 4) is 17.2 Å². The third-order valence-electron chi connectivity index (χ3n) is 4.69. The number of carbonyl (C=O) groups is 1. The van der Waals surface area contributed by atoms with Crippen molar-refractivity contribution in [2.75, 3.05) is 7.11 Å². The van der Waals surface area contributed by atoms with E-state index in [-0.39, 0.29) is 17.6 Å². The van der Waals surface area contributed by atoms with Crippen LogP contribution in [0.15, 0.2) is 48.5 Å². The van der Waals surface area contributed by atoms with Crippen molar-refractivity contribution in [1.29, 1.82) is 0 Å². The lowest BCUT2D eigenvalue weighted by Crippen LogP contribution is -2.45. The van der Waals surface area contributed by atoms with Crippen molar-refractivity contribution in [3.63, 3.8) is 0 Å². The lowest BCUT2D eigenvalue weighted by Gasteiger charge is -2.38. The summed E-state index contributed by atoms with van der Waals surface area (Å²) in [6.45, 7) is 6.01. The molecule has 0 spiro atoms. The zero-order valence-electron chi connectivity index (χ0n) is 16.3. The van der Waals surface area contributed by atoms with Crippen molar-refractivity contribution in [2.24, 2.45) is 0 Å². The van der Waals surface area contributed by atoms with Crippen LogP contribution in [-0.2, 0) is 4.79 Å². The molecule has 1 heterocycles. The minimum atomic E-state index is -0.559. The SMILES string of the molecule is CC[C@@H](Oc1ccc(OC)cc1)C(=O)N[C@H]1CC(C)(C)Oc2ccccc21. The van der Waals surface area contributed by atoms with E-state index in [0.29, 0.717) is 18.6 Å². The highest BCUT2D eigenvalue weighted by Gasteiger charge is 2.35. The van der Waals surface area contributed by atoms with Gasteiger partial charge in [-0.05, 0) is 50.6 Å². The Balaban J connectivity index is 1.72. The Hall–Kier alpha value is -2.69. The maximum absolute atomic E-state index is 12.9. The van der Waals surface area contributed by atoms with Crippen LogP contribution in [0.4, 0.5) is 0 Å². The fraction of sp³-hybridized carbons (Fsp3) is 0.409. The number of amides is 1. The number of benzene rings is 2. The average molecular weight is 369 g/mol. The summed E-state index contributed by atoms with van der Waals surface area (Å²) in [5.74, 6) is 2.10. The van der Waals surface area contributed by atoms with Gasteiger partial charge in [-0.1, -0.05) is 25.1 Å². The van der Waals surface area contributed by atoms with Crippen molar-refractivity contribution in [3.05, 3.63) is 54.1 Å². The third-order valence-corrected chi connectivity index (χ3v) is 4.69. The van der Waals surface area contributed by atoms with Crippen LogP contribution < -0.4 is 19.5 Å². The Morgan fingerprint density at radius 3 is 2.52 bits per heavy atom. The van der Waals surface area contributed by atoms with E-state index in [0.717, 1.165) is 17.1 Å². The molecule has 1 aliphatic heterocycles. The molecule has 3 rings (SSSR count). The van der Waals surface area contributed by atoms with Gasteiger partial charge in [0.1, 0.15) is 22.8 Å². The second-order valence-electron chi connectivity index (χ2n) is 7.36. The van der Waals surface area contributed by atoms with Gasteiger partial charge in [-0.15, -0.1) is 0 Å². The van der Waals surface area contributed by atoms with Crippen LogP contribution in [0.1, 0.15) is 45.2 Å². The summed E-state index contributed by atoms with van der Waals surface area (Å²) in [7, 11) is 1.62. The standard InChI is InChI=1S/C22H27NO4/c1-5-19(26-16-12-10-15(25-4)11-13-16)21(24)23-18-14-22(2,3)27-20-9-7-6-8-17(18)20/h6-13,18-19H,5,14H2,1-4H3,(H,23,24)/t18-,19+/m0/s1. The zero-order chi connectivity index (χ0) is 19.4. The Labute approximate surface area is 160 Å². The van der Waals surface area contributed by atoms with E-state index in [4.69, 9.17) is 14.2 Å². The molecule has 2 atom stereocenters. The van der Waals surface area contributed by atoms with Gasteiger partial charge in [0, 0.05) is 12.0 Å². The molecular weight excluding hydrogens is 342 g/mol. The van der Waals surface area contributed by atoms with Crippen molar-refractivity contribution < 1.29 is 19.0 Å². The summed E-state index contributed by atoms with van der Waals surface area (Å²) in [5, 5.41) is 3.16. The number of fused-ring (bicyclic) bond motifs is 1. The number of carbonyl (C=O) groups excluding carboxylic acids is 1. The molecule has 0 radical (unpaired) electrons. The number of para-hydroxylation sites is 1. The number of hydrogen-bond acceptors (Lipinski definition) is 4. The second-order valence-corrected chi connectivity index (χ2v) is 7.36. The summed E-state index contributed by atoms with van der Waals surface area (Å²) in [6.07, 6.45) is 0.720. The van der Waals surface area contributed by atoms with Crippen molar-refractivity contribution >= 4 is 5.91 Å². The van der Waals surface area contributed by atoms with Gasteiger partial charge in [0.15, 0.2) is 6.10 Å². The minimum Gasteiger partial charge on any atom is -0.497 e. The van der Waals surface area contributed by atoms with Crippen LogP contribution in [0.25, 0.3) is 0 Å². The quantitative estimate of drug-likeness (QED) is 0.826. The van der Waals surface area contributed by atoms with E-state index < -0.39 is 6.10 Å². The van der Waals surface area contributed by atoms with Crippen LogP contribution in [0.5, 0.6) is 17.2 Å². The zero-order valence-corrected chi connectivity index (χ0v) is 16.3. The number of nitrogens with one attached hydrogen (secondary N) is 1. The maximum atomic E-state index is 12.9. The molecule has 1 aliphatic rings. The molecule has 1 amide bonds. The molecule has 2 aromatic carbocycles. The molecule has 0 aromatic heterocycles. The van der Waals surface area contributed by atoms with Crippen molar-refractivity contribution in [2.45, 2.75) is 51.4 Å². The fourth-order valence-corrected chi connectivity index (χ4v) is 3.34. The molecule has 0 aliphatic carbocycles. The summed E-state index contributed by atoms with van der Waals surface area (Å²) in [5.41, 5.74) is 0.662. The van der Waals surface area contributed by atoms with Crippen molar-refractivity contribution in [1.82, 2.24) is 5.32 Å². The second kappa shape index (κ2) is 7.91. The molecule has 1 N–H and O–H groups in total. The number of rotatable bonds is 6. The van der Waals surface area contributed by atoms with Gasteiger partial charge in [-0.3, -0.25) is 4.79 Å². The maximum Gasteiger partial charge on any atom is 0.261 e. The Kier molecular flexibility index (Phi) is 5.59. The molecule has 0 bridgehead atoms. The molecular formula is C22H27NO4. The predicted molar refractivity (Wildman–Crippen MR) is 104 cm³/mol. The van der Waals surface area contributed by atoms with E-state index >= 15 is 0 Å². The summed E-state index contributed by atoms with van der Waals surface area (Å²) in [4.78, 5) is 12.9. The number of ether oxygens (including phenoxy) is 3. The Morgan fingerprint density at radius 1 is 1.19 bits per heavy atom. The summed E-state index contributed by atoms with van der Waals surface area (Å²) >= 11 is 0. The van der Waals surface area contributed by atoms with Gasteiger partial charge in [0.05, 0.1) is 13.2 Å². The first-order valence-corrected chi connectivity index (χ1v) is 9.31. The summed E-state index contributed by atoms with van der Waals surface area (Å²) < 4.78 is 17.1. The lowest BCUT2D eigenvalue weighted by atomic mass is 9.89. The topological polar surface area (TPSA) is 56.8 Å². The highest BCUT2D eigenvalue weighted by Crippen LogP contribution is 2.39. The molecule has 0 saturated carbocycles. The van der Waals surface area contributed by atoms with E-state index in [2.05, 4.69) is 5.32 Å². The lowest BCUT2D eigenvalue weighted by molar-refractivity contribution is -0.129. The number of methoxy groups -OCH3 is 1. The average Bonchev–Trinajstić information content (AvgIpc) is 2.65. The van der Waals surface area contributed by atoms with Crippen LogP contribution in [-0.4, -0.2) is 24.7 Å². The third kappa shape index (κ3) is 4.54. The number of hydrogen-bond donors (Lipinski definition) is 1. The fourth-order valence-electron chi connectivity index (χ4n) is 3.34. The molecule has 144 valence electrons. The first-order valence-electron chi connectivity index (χ1n) is 9.31. The van der Waals surface area contributed by atoms with Crippen LogP contribution in [0, 0.1) is 0 Å². The van der Waals surface area contributed by atoms with Gasteiger partial charge in [0.2, 0.25) is 0 Å². The van der Waals surface area contributed by atoms with Crippen LogP contribution in [0.3, 0.4) is 0 Å². The van der Waals surface area contributed by atoms with Crippen LogP contribution in [0.2, 0.25) is 0 Å². The van der Waals surface area contributed by atoms with Gasteiger partial charge in [-0.25, -0.2) is 0 Å². The molecule has 5 nitrogen and oxygen atoms in total. The first-order chi connectivity index (χ1) is 12.9. The normalized spacial score (nSPS) is 18.6. The minimum absolute atomic E-state index is 0.106. The van der Waals surface area contributed by atoms with E-state index in [9.17, 15) is 4.79 Å². The smallest absolute Gasteiger partial charge is 0.261 e. The summed E-state index contributed by atoms with van der Waals surface area (Å²) in [6, 6.07) is 15.0. The van der Waals surface area contributed by atoms with E-state index in [1.807, 2.05) is 69.3 Å². The van der Waals surface area contributed by atoms with Gasteiger partial charge in [-0.2, -0.15) is 0 Å².